The van der Waals surface area contributed by atoms with Crippen LogP contribution in [-0.2, 0) is 9.53 Å². The first kappa shape index (κ1) is 12.4. The lowest BCUT2D eigenvalue weighted by Gasteiger charge is -2.25. The Hall–Kier alpha value is -0.570. The second kappa shape index (κ2) is 5.97. The molecule has 0 aliphatic carbocycles. The molecule has 0 saturated carbocycles. The van der Waals surface area contributed by atoms with E-state index in [9.17, 15) is 4.79 Å². The zero-order valence-electron chi connectivity index (χ0n) is 8.91. The van der Waals surface area contributed by atoms with E-state index in [1.54, 1.807) is 7.11 Å². The predicted molar refractivity (Wildman–Crippen MR) is 51.7 cm³/mol. The van der Waals surface area contributed by atoms with Gasteiger partial charge in [-0.05, 0) is 11.8 Å². The van der Waals surface area contributed by atoms with E-state index in [-0.39, 0.29) is 12.5 Å². The van der Waals surface area contributed by atoms with Crippen molar-refractivity contribution in [3.8, 4) is 0 Å². The van der Waals surface area contributed by atoms with E-state index in [4.69, 9.17) is 9.84 Å². The quantitative estimate of drug-likeness (QED) is 0.694. The van der Waals surface area contributed by atoms with Crippen LogP contribution in [0.1, 0.15) is 33.6 Å². The third-order valence-corrected chi connectivity index (χ3v) is 2.81. The van der Waals surface area contributed by atoms with Crippen LogP contribution in [0, 0.1) is 11.8 Å². The van der Waals surface area contributed by atoms with Crippen molar-refractivity contribution in [3.63, 3.8) is 0 Å². The van der Waals surface area contributed by atoms with E-state index in [0.29, 0.717) is 11.8 Å². The fourth-order valence-corrected chi connectivity index (χ4v) is 1.39. The van der Waals surface area contributed by atoms with Crippen LogP contribution in [0.15, 0.2) is 0 Å². The average Bonchev–Trinajstić information content (AvgIpc) is 2.11. The maximum atomic E-state index is 10.5. The number of carbonyl (C=O) groups is 1. The van der Waals surface area contributed by atoms with E-state index in [1.807, 2.05) is 6.92 Å². The van der Waals surface area contributed by atoms with Crippen molar-refractivity contribution < 1.29 is 14.6 Å². The van der Waals surface area contributed by atoms with Gasteiger partial charge in [0, 0.05) is 7.11 Å². The van der Waals surface area contributed by atoms with Crippen LogP contribution in [-0.4, -0.2) is 24.3 Å². The molecule has 0 aromatic rings. The van der Waals surface area contributed by atoms with Gasteiger partial charge in [-0.1, -0.05) is 27.2 Å². The SMILES string of the molecule is CCC(C)C(C)C(CC(=O)O)OC. The molecule has 3 nitrogen and oxygen atoms in total. The summed E-state index contributed by atoms with van der Waals surface area (Å²) < 4.78 is 5.17. The molecule has 0 saturated heterocycles. The molecule has 3 atom stereocenters. The predicted octanol–water partition coefficient (Wildman–Crippen LogP) is 2.16. The van der Waals surface area contributed by atoms with Crippen molar-refractivity contribution in [3.05, 3.63) is 0 Å². The molecule has 1 N–H and O–H groups in total. The van der Waals surface area contributed by atoms with E-state index < -0.39 is 5.97 Å². The monoisotopic (exact) mass is 188 g/mol. The second-order valence-electron chi connectivity index (χ2n) is 3.62. The molecule has 0 radical (unpaired) electrons. The van der Waals surface area contributed by atoms with E-state index in [0.717, 1.165) is 6.42 Å². The van der Waals surface area contributed by atoms with Gasteiger partial charge < -0.3 is 9.84 Å². The number of carboxylic acid groups (broad SMARTS) is 1. The Labute approximate surface area is 80.1 Å². The number of hydrogen-bond donors (Lipinski definition) is 1. The second-order valence-corrected chi connectivity index (χ2v) is 3.62. The number of rotatable bonds is 6. The van der Waals surface area contributed by atoms with E-state index in [2.05, 4.69) is 13.8 Å². The molecular weight excluding hydrogens is 168 g/mol. The number of methoxy groups -OCH3 is 1. The number of hydrogen-bond acceptors (Lipinski definition) is 2. The fraction of sp³-hybridized carbons (Fsp3) is 0.900. The minimum atomic E-state index is -0.790. The number of carboxylic acids is 1. The summed E-state index contributed by atoms with van der Waals surface area (Å²) in [4.78, 5) is 10.5. The summed E-state index contributed by atoms with van der Waals surface area (Å²) in [6.07, 6.45) is 0.996. The van der Waals surface area contributed by atoms with Crippen LogP contribution >= 0.6 is 0 Å². The van der Waals surface area contributed by atoms with Crippen LogP contribution in [0.4, 0.5) is 0 Å². The highest BCUT2D eigenvalue weighted by molar-refractivity contribution is 5.67. The largest absolute Gasteiger partial charge is 0.481 e. The van der Waals surface area contributed by atoms with Crippen LogP contribution in [0.5, 0.6) is 0 Å². The molecule has 0 fully saturated rings. The third kappa shape index (κ3) is 4.27. The van der Waals surface area contributed by atoms with Gasteiger partial charge in [0.15, 0.2) is 0 Å². The normalized spacial score (nSPS) is 17.8. The first-order valence-electron chi connectivity index (χ1n) is 4.77. The molecule has 0 spiro atoms. The van der Waals surface area contributed by atoms with Gasteiger partial charge in [0.1, 0.15) is 0 Å². The minimum absolute atomic E-state index is 0.0992. The molecule has 3 heteroatoms. The van der Waals surface area contributed by atoms with Crippen molar-refractivity contribution in [2.24, 2.45) is 11.8 Å². The molecule has 0 amide bonds. The molecule has 0 bridgehead atoms. The molecule has 0 heterocycles. The Bertz CT molecular complexity index is 156. The van der Waals surface area contributed by atoms with Crippen molar-refractivity contribution >= 4 is 5.97 Å². The Kier molecular flexibility index (Phi) is 5.71. The van der Waals surface area contributed by atoms with Crippen LogP contribution in [0.2, 0.25) is 0 Å². The maximum absolute atomic E-state index is 10.5. The summed E-state index contributed by atoms with van der Waals surface area (Å²) in [7, 11) is 1.58. The number of aliphatic carboxylic acids is 1. The molecule has 13 heavy (non-hydrogen) atoms. The Balaban J connectivity index is 4.13. The highest BCUT2D eigenvalue weighted by Gasteiger charge is 2.23. The summed E-state index contributed by atoms with van der Waals surface area (Å²) in [5.41, 5.74) is 0. The first-order chi connectivity index (χ1) is 6.02. The first-order valence-corrected chi connectivity index (χ1v) is 4.77. The third-order valence-electron chi connectivity index (χ3n) is 2.81. The van der Waals surface area contributed by atoms with Gasteiger partial charge in [-0.25, -0.2) is 0 Å². The Morgan fingerprint density at radius 1 is 1.46 bits per heavy atom. The van der Waals surface area contributed by atoms with Gasteiger partial charge in [0.25, 0.3) is 0 Å². The maximum Gasteiger partial charge on any atom is 0.305 e. The zero-order chi connectivity index (χ0) is 10.4. The summed E-state index contributed by atoms with van der Waals surface area (Å²) >= 11 is 0. The van der Waals surface area contributed by atoms with Gasteiger partial charge >= 0.3 is 5.97 Å². The highest BCUT2D eigenvalue weighted by atomic mass is 16.5. The van der Waals surface area contributed by atoms with Crippen molar-refractivity contribution in [2.45, 2.75) is 39.7 Å². The topological polar surface area (TPSA) is 46.5 Å². The molecular formula is C10H20O3. The number of ether oxygens (including phenoxy) is 1. The van der Waals surface area contributed by atoms with Crippen molar-refractivity contribution in [1.82, 2.24) is 0 Å². The highest BCUT2D eigenvalue weighted by Crippen LogP contribution is 2.22. The zero-order valence-corrected chi connectivity index (χ0v) is 8.91. The van der Waals surface area contributed by atoms with Crippen molar-refractivity contribution in [1.29, 1.82) is 0 Å². The van der Waals surface area contributed by atoms with E-state index >= 15 is 0 Å². The minimum Gasteiger partial charge on any atom is -0.481 e. The molecule has 0 aliphatic heterocycles. The van der Waals surface area contributed by atoms with E-state index in [1.165, 1.54) is 0 Å². The van der Waals surface area contributed by atoms with Crippen LogP contribution in [0.3, 0.4) is 0 Å². The smallest absolute Gasteiger partial charge is 0.305 e. The summed E-state index contributed by atoms with van der Waals surface area (Å²) in [6.45, 7) is 6.28. The summed E-state index contributed by atoms with van der Waals surface area (Å²) in [5.74, 6) is 0.0115. The lowest BCUT2D eigenvalue weighted by atomic mass is 9.87. The standard InChI is InChI=1S/C10H20O3/c1-5-7(2)8(3)9(13-4)6-10(11)12/h7-9H,5-6H2,1-4H3,(H,11,12). The van der Waals surface area contributed by atoms with Crippen LogP contribution in [0.25, 0.3) is 0 Å². The fourth-order valence-electron chi connectivity index (χ4n) is 1.39. The van der Waals surface area contributed by atoms with Gasteiger partial charge in [0.05, 0.1) is 12.5 Å². The van der Waals surface area contributed by atoms with Gasteiger partial charge in [-0.2, -0.15) is 0 Å². The Morgan fingerprint density at radius 3 is 2.31 bits per heavy atom. The molecule has 0 aliphatic rings. The molecule has 0 aromatic heterocycles. The van der Waals surface area contributed by atoms with Gasteiger partial charge in [-0.3, -0.25) is 4.79 Å². The van der Waals surface area contributed by atoms with Gasteiger partial charge in [-0.15, -0.1) is 0 Å². The van der Waals surface area contributed by atoms with Gasteiger partial charge in [0.2, 0.25) is 0 Å². The lowest BCUT2D eigenvalue weighted by molar-refractivity contribution is -0.141. The van der Waals surface area contributed by atoms with Crippen LogP contribution < -0.4 is 0 Å². The molecule has 0 rings (SSSR count). The molecule has 78 valence electrons. The summed E-state index contributed by atoms with van der Waals surface area (Å²) in [5, 5.41) is 8.64. The average molecular weight is 188 g/mol. The van der Waals surface area contributed by atoms with Crippen molar-refractivity contribution in [2.75, 3.05) is 7.11 Å². The molecule has 0 aromatic carbocycles. The Morgan fingerprint density at radius 2 is 2.00 bits per heavy atom. The summed E-state index contributed by atoms with van der Waals surface area (Å²) in [6, 6.07) is 0. The molecule has 3 unspecified atom stereocenters. The lowest BCUT2D eigenvalue weighted by Crippen LogP contribution is -2.28.